The molecule has 0 unspecified atom stereocenters. The van der Waals surface area contributed by atoms with Crippen LogP contribution in [0.1, 0.15) is 16.0 Å². The summed E-state index contributed by atoms with van der Waals surface area (Å²) in [5, 5.41) is 5.52. The molecule has 0 radical (unpaired) electrons. The number of hydrogen-bond donors (Lipinski definition) is 2. The van der Waals surface area contributed by atoms with Gasteiger partial charge in [-0.1, -0.05) is 18.2 Å². The summed E-state index contributed by atoms with van der Waals surface area (Å²) in [5.74, 6) is 0. The third-order valence-corrected chi connectivity index (χ3v) is 3.42. The molecule has 2 aromatic rings. The summed E-state index contributed by atoms with van der Waals surface area (Å²) < 4.78 is 0. The van der Waals surface area contributed by atoms with Gasteiger partial charge < -0.3 is 11.1 Å². The van der Waals surface area contributed by atoms with Crippen molar-refractivity contribution in [1.29, 1.82) is 0 Å². The average molecular weight is 232 g/mol. The summed E-state index contributed by atoms with van der Waals surface area (Å²) in [4.78, 5) is 1.37. The van der Waals surface area contributed by atoms with Crippen molar-refractivity contribution in [3.63, 3.8) is 0 Å². The number of anilines is 1. The summed E-state index contributed by atoms with van der Waals surface area (Å²) >= 11 is 1.78. The van der Waals surface area contributed by atoms with Gasteiger partial charge in [-0.2, -0.15) is 0 Å². The number of nitrogens with two attached hydrogens (primary N) is 1. The molecule has 1 heterocycles. The van der Waals surface area contributed by atoms with Crippen LogP contribution in [0.3, 0.4) is 0 Å². The first kappa shape index (κ1) is 11.2. The number of rotatable bonds is 4. The van der Waals surface area contributed by atoms with Crippen LogP contribution in [0.2, 0.25) is 0 Å². The van der Waals surface area contributed by atoms with Crippen LogP contribution >= 0.6 is 11.3 Å². The highest BCUT2D eigenvalue weighted by Crippen LogP contribution is 2.13. The lowest BCUT2D eigenvalue weighted by molar-refractivity contribution is 0.700. The first-order chi connectivity index (χ1) is 7.75. The fraction of sp³-hybridized carbons (Fsp3) is 0.231. The van der Waals surface area contributed by atoms with Gasteiger partial charge in [0.15, 0.2) is 0 Å². The Morgan fingerprint density at radius 2 is 2.12 bits per heavy atom. The monoisotopic (exact) mass is 232 g/mol. The maximum atomic E-state index is 5.78. The van der Waals surface area contributed by atoms with Crippen molar-refractivity contribution in [3.8, 4) is 0 Å². The van der Waals surface area contributed by atoms with Gasteiger partial charge in [-0.05, 0) is 35.6 Å². The van der Waals surface area contributed by atoms with Gasteiger partial charge >= 0.3 is 0 Å². The maximum Gasteiger partial charge on any atom is 0.0343 e. The van der Waals surface area contributed by atoms with Gasteiger partial charge in [0.05, 0.1) is 0 Å². The highest BCUT2D eigenvalue weighted by Gasteiger charge is 1.97. The largest absolute Gasteiger partial charge is 0.399 e. The van der Waals surface area contributed by atoms with Crippen LogP contribution < -0.4 is 11.1 Å². The van der Waals surface area contributed by atoms with Crippen molar-refractivity contribution in [2.24, 2.45) is 0 Å². The number of thiophene rings is 1. The Hall–Kier alpha value is -1.32. The van der Waals surface area contributed by atoms with Crippen LogP contribution in [0.5, 0.6) is 0 Å². The minimum atomic E-state index is 0.863. The molecule has 0 saturated heterocycles. The molecule has 0 atom stereocenters. The lowest BCUT2D eigenvalue weighted by atomic mass is 10.1. The van der Waals surface area contributed by atoms with E-state index in [9.17, 15) is 0 Å². The Balaban J connectivity index is 1.87. The standard InChI is InChI=1S/C13H16N2S/c1-10-7-11(4-5-13(10)14)8-15-9-12-3-2-6-16-12/h2-7,15H,8-9,14H2,1H3. The van der Waals surface area contributed by atoms with Crippen LogP contribution in [0.15, 0.2) is 35.7 Å². The highest BCUT2D eigenvalue weighted by molar-refractivity contribution is 7.09. The van der Waals surface area contributed by atoms with E-state index in [1.54, 1.807) is 11.3 Å². The van der Waals surface area contributed by atoms with Gasteiger partial charge in [0.1, 0.15) is 0 Å². The molecule has 0 spiro atoms. The molecule has 0 aliphatic heterocycles. The average Bonchev–Trinajstić information content (AvgIpc) is 2.76. The van der Waals surface area contributed by atoms with Gasteiger partial charge in [0, 0.05) is 23.7 Å². The lowest BCUT2D eigenvalue weighted by Crippen LogP contribution is -2.11. The van der Waals surface area contributed by atoms with Crippen LogP contribution in [0.4, 0.5) is 5.69 Å². The summed E-state index contributed by atoms with van der Waals surface area (Å²) in [6, 6.07) is 10.4. The van der Waals surface area contributed by atoms with Crippen molar-refractivity contribution < 1.29 is 0 Å². The van der Waals surface area contributed by atoms with Gasteiger partial charge in [-0.25, -0.2) is 0 Å². The molecule has 1 aromatic heterocycles. The fourth-order valence-corrected chi connectivity index (χ4v) is 2.27. The van der Waals surface area contributed by atoms with E-state index in [0.717, 1.165) is 24.3 Å². The van der Waals surface area contributed by atoms with E-state index in [1.807, 2.05) is 13.0 Å². The minimum absolute atomic E-state index is 0.863. The summed E-state index contributed by atoms with van der Waals surface area (Å²) in [6.07, 6.45) is 0. The highest BCUT2D eigenvalue weighted by atomic mass is 32.1. The van der Waals surface area contributed by atoms with Crippen molar-refractivity contribution in [3.05, 3.63) is 51.7 Å². The predicted molar refractivity (Wildman–Crippen MR) is 70.5 cm³/mol. The Morgan fingerprint density at radius 1 is 1.25 bits per heavy atom. The van der Waals surface area contributed by atoms with Gasteiger partial charge in [0.25, 0.3) is 0 Å². The molecule has 0 saturated carbocycles. The fourth-order valence-electron chi connectivity index (χ4n) is 1.59. The lowest BCUT2D eigenvalue weighted by Gasteiger charge is -2.06. The Labute approximate surface area is 100 Å². The van der Waals surface area contributed by atoms with Crippen LogP contribution in [0, 0.1) is 6.92 Å². The Kier molecular flexibility index (Phi) is 3.59. The van der Waals surface area contributed by atoms with E-state index in [-0.39, 0.29) is 0 Å². The molecular formula is C13H16N2S. The molecule has 0 fully saturated rings. The third-order valence-electron chi connectivity index (χ3n) is 2.54. The van der Waals surface area contributed by atoms with Crippen molar-refractivity contribution in [2.45, 2.75) is 20.0 Å². The molecule has 3 heteroatoms. The number of nitrogens with one attached hydrogen (secondary N) is 1. The quantitative estimate of drug-likeness (QED) is 0.795. The second-order valence-electron chi connectivity index (χ2n) is 3.87. The van der Waals surface area contributed by atoms with Crippen molar-refractivity contribution >= 4 is 17.0 Å². The van der Waals surface area contributed by atoms with E-state index in [4.69, 9.17) is 5.73 Å². The molecule has 84 valence electrons. The molecule has 16 heavy (non-hydrogen) atoms. The van der Waals surface area contributed by atoms with Gasteiger partial charge in [0.2, 0.25) is 0 Å². The van der Waals surface area contributed by atoms with E-state index >= 15 is 0 Å². The summed E-state index contributed by atoms with van der Waals surface area (Å²) in [7, 11) is 0. The normalized spacial score (nSPS) is 10.6. The Bertz CT molecular complexity index is 449. The number of nitrogen functional groups attached to an aromatic ring is 1. The third kappa shape index (κ3) is 2.84. The topological polar surface area (TPSA) is 38.0 Å². The molecule has 2 nitrogen and oxygen atoms in total. The van der Waals surface area contributed by atoms with E-state index in [0.29, 0.717) is 0 Å². The van der Waals surface area contributed by atoms with Gasteiger partial charge in [-0.3, -0.25) is 0 Å². The summed E-state index contributed by atoms with van der Waals surface area (Å²) in [5.41, 5.74) is 9.07. The van der Waals surface area contributed by atoms with E-state index in [2.05, 4.69) is 35.0 Å². The van der Waals surface area contributed by atoms with Crippen LogP contribution in [-0.4, -0.2) is 0 Å². The molecular weight excluding hydrogens is 216 g/mol. The van der Waals surface area contributed by atoms with E-state index < -0.39 is 0 Å². The maximum absolute atomic E-state index is 5.78. The molecule has 0 amide bonds. The predicted octanol–water partition coefficient (Wildman–Crippen LogP) is 2.93. The minimum Gasteiger partial charge on any atom is -0.399 e. The molecule has 0 aliphatic rings. The zero-order valence-corrected chi connectivity index (χ0v) is 10.2. The first-order valence-corrected chi connectivity index (χ1v) is 6.22. The van der Waals surface area contributed by atoms with Crippen LogP contribution in [-0.2, 0) is 13.1 Å². The molecule has 1 aromatic carbocycles. The Morgan fingerprint density at radius 3 is 2.81 bits per heavy atom. The zero-order chi connectivity index (χ0) is 11.4. The van der Waals surface area contributed by atoms with Crippen molar-refractivity contribution in [2.75, 3.05) is 5.73 Å². The molecule has 2 rings (SSSR count). The first-order valence-electron chi connectivity index (χ1n) is 5.34. The second kappa shape index (κ2) is 5.14. The summed E-state index contributed by atoms with van der Waals surface area (Å²) in [6.45, 7) is 3.86. The second-order valence-corrected chi connectivity index (χ2v) is 4.91. The zero-order valence-electron chi connectivity index (χ0n) is 9.36. The van der Waals surface area contributed by atoms with E-state index in [1.165, 1.54) is 10.4 Å². The molecule has 0 bridgehead atoms. The molecule has 3 N–H and O–H groups in total. The molecule has 0 aliphatic carbocycles. The number of hydrogen-bond acceptors (Lipinski definition) is 3. The van der Waals surface area contributed by atoms with Gasteiger partial charge in [-0.15, -0.1) is 11.3 Å². The van der Waals surface area contributed by atoms with Crippen molar-refractivity contribution in [1.82, 2.24) is 5.32 Å². The number of benzene rings is 1. The smallest absolute Gasteiger partial charge is 0.0343 e. The SMILES string of the molecule is Cc1cc(CNCc2cccs2)ccc1N. The number of aryl methyl sites for hydroxylation is 1. The van der Waals surface area contributed by atoms with Crippen LogP contribution in [0.25, 0.3) is 0 Å².